The fraction of sp³-hybridized carbons (Fsp3) is 0.632. The lowest BCUT2D eigenvalue weighted by molar-refractivity contribution is -0.135. The van der Waals surface area contributed by atoms with Crippen molar-refractivity contribution in [2.45, 2.75) is 56.5 Å². The normalized spacial score (nSPS) is 29.8. The molecule has 2 aliphatic rings. The Kier molecular flexibility index (Phi) is 9.22. The summed E-state index contributed by atoms with van der Waals surface area (Å²) < 4.78 is 0. The number of hydrogen-bond acceptors (Lipinski definition) is 3. The Balaban J connectivity index is 0.00000156. The topological polar surface area (TPSA) is 72.4 Å². The summed E-state index contributed by atoms with van der Waals surface area (Å²) in [7, 11) is 0. The van der Waals surface area contributed by atoms with E-state index in [1.165, 1.54) is 18.4 Å². The maximum atomic E-state index is 13.0. The Morgan fingerprint density at radius 3 is 2.20 bits per heavy atom. The Bertz CT molecular complexity index is 529. The molecule has 0 bridgehead atoms. The van der Waals surface area contributed by atoms with Gasteiger partial charge in [0.25, 0.3) is 0 Å². The number of nitrogens with two attached hydrogens (primary N) is 2. The van der Waals surface area contributed by atoms with Crippen LogP contribution in [-0.4, -0.2) is 36.0 Å². The molecule has 1 aromatic carbocycles. The molecule has 1 saturated heterocycles. The SMILES string of the molecule is Cl.Cl.NC1CCCCCCC1C(=O)N1C[C@@H](N)[C@H](c2ccccc2)C1. The molecule has 1 saturated carbocycles. The molecule has 142 valence electrons. The van der Waals surface area contributed by atoms with Crippen LogP contribution in [0.25, 0.3) is 0 Å². The minimum absolute atomic E-state index is 0. The molecule has 4 atom stereocenters. The van der Waals surface area contributed by atoms with Gasteiger partial charge in [0.15, 0.2) is 0 Å². The molecule has 2 unspecified atom stereocenters. The lowest BCUT2D eigenvalue weighted by atomic mass is 9.86. The van der Waals surface area contributed by atoms with Gasteiger partial charge in [-0.2, -0.15) is 0 Å². The van der Waals surface area contributed by atoms with Gasteiger partial charge in [0.05, 0.1) is 5.92 Å². The zero-order valence-corrected chi connectivity index (χ0v) is 16.3. The number of likely N-dealkylation sites (tertiary alicyclic amines) is 1. The maximum Gasteiger partial charge on any atom is 0.227 e. The number of hydrogen-bond donors (Lipinski definition) is 2. The van der Waals surface area contributed by atoms with Gasteiger partial charge in [-0.05, 0) is 18.4 Å². The van der Waals surface area contributed by atoms with Crippen molar-refractivity contribution in [2.24, 2.45) is 17.4 Å². The van der Waals surface area contributed by atoms with E-state index in [2.05, 4.69) is 12.1 Å². The molecule has 2 fully saturated rings. The highest BCUT2D eigenvalue weighted by molar-refractivity contribution is 5.85. The van der Waals surface area contributed by atoms with Crippen LogP contribution >= 0.6 is 24.8 Å². The molecule has 1 aliphatic carbocycles. The first-order chi connectivity index (χ1) is 11.2. The second kappa shape index (κ2) is 10.4. The van der Waals surface area contributed by atoms with Crippen LogP contribution in [0.15, 0.2) is 30.3 Å². The van der Waals surface area contributed by atoms with Gasteiger partial charge in [-0.3, -0.25) is 4.79 Å². The summed E-state index contributed by atoms with van der Waals surface area (Å²) in [5.41, 5.74) is 13.9. The number of amides is 1. The van der Waals surface area contributed by atoms with Gasteiger partial charge in [0.2, 0.25) is 5.91 Å². The summed E-state index contributed by atoms with van der Waals surface area (Å²) in [6, 6.07) is 10.3. The second-order valence-electron chi connectivity index (χ2n) is 7.19. The Hall–Kier alpha value is -0.810. The van der Waals surface area contributed by atoms with Crippen molar-refractivity contribution < 1.29 is 4.79 Å². The van der Waals surface area contributed by atoms with Crippen molar-refractivity contribution in [1.82, 2.24) is 4.90 Å². The largest absolute Gasteiger partial charge is 0.340 e. The van der Waals surface area contributed by atoms with Crippen molar-refractivity contribution in [3.63, 3.8) is 0 Å². The van der Waals surface area contributed by atoms with Crippen LogP contribution in [-0.2, 0) is 4.79 Å². The molecule has 0 aromatic heterocycles. The van der Waals surface area contributed by atoms with Gasteiger partial charge in [-0.25, -0.2) is 0 Å². The summed E-state index contributed by atoms with van der Waals surface area (Å²) in [5.74, 6) is 0.454. The van der Waals surface area contributed by atoms with Crippen LogP contribution in [0.4, 0.5) is 0 Å². The lowest BCUT2D eigenvalue weighted by Gasteiger charge is -2.29. The van der Waals surface area contributed by atoms with E-state index in [0.717, 1.165) is 32.2 Å². The molecule has 6 heteroatoms. The highest BCUT2D eigenvalue weighted by atomic mass is 35.5. The average molecular weight is 388 g/mol. The number of benzene rings is 1. The van der Waals surface area contributed by atoms with Gasteiger partial charge in [0.1, 0.15) is 0 Å². The zero-order valence-electron chi connectivity index (χ0n) is 14.7. The summed E-state index contributed by atoms with van der Waals surface area (Å²) in [6.45, 7) is 1.38. The fourth-order valence-corrected chi connectivity index (χ4v) is 4.12. The number of carbonyl (C=O) groups is 1. The first-order valence-corrected chi connectivity index (χ1v) is 9.01. The molecule has 1 amide bonds. The predicted octanol–water partition coefficient (Wildman–Crippen LogP) is 3.08. The summed E-state index contributed by atoms with van der Waals surface area (Å²) in [4.78, 5) is 15.0. The van der Waals surface area contributed by atoms with E-state index in [1.807, 2.05) is 23.1 Å². The molecule has 25 heavy (non-hydrogen) atoms. The molecular formula is C19H31Cl2N3O. The summed E-state index contributed by atoms with van der Waals surface area (Å²) in [6.07, 6.45) is 6.64. The number of halogens is 2. The molecule has 1 aliphatic heterocycles. The minimum Gasteiger partial charge on any atom is -0.340 e. The van der Waals surface area contributed by atoms with Gasteiger partial charge < -0.3 is 16.4 Å². The average Bonchev–Trinajstić information content (AvgIpc) is 2.94. The van der Waals surface area contributed by atoms with Gasteiger partial charge in [-0.1, -0.05) is 56.0 Å². The van der Waals surface area contributed by atoms with Crippen LogP contribution in [0, 0.1) is 5.92 Å². The van der Waals surface area contributed by atoms with E-state index in [0.29, 0.717) is 6.54 Å². The van der Waals surface area contributed by atoms with Crippen molar-refractivity contribution in [3.8, 4) is 0 Å². The lowest BCUT2D eigenvalue weighted by Crippen LogP contribution is -2.44. The van der Waals surface area contributed by atoms with Crippen LogP contribution < -0.4 is 11.5 Å². The second-order valence-corrected chi connectivity index (χ2v) is 7.19. The minimum atomic E-state index is -0.0166. The van der Waals surface area contributed by atoms with Gasteiger partial charge in [-0.15, -0.1) is 24.8 Å². The molecule has 0 spiro atoms. The third-order valence-electron chi connectivity index (χ3n) is 5.54. The van der Waals surface area contributed by atoms with Crippen LogP contribution in [0.3, 0.4) is 0 Å². The van der Waals surface area contributed by atoms with Crippen molar-refractivity contribution in [3.05, 3.63) is 35.9 Å². The van der Waals surface area contributed by atoms with Gasteiger partial charge in [0, 0.05) is 31.1 Å². The van der Waals surface area contributed by atoms with Crippen molar-refractivity contribution in [2.75, 3.05) is 13.1 Å². The zero-order chi connectivity index (χ0) is 16.2. The molecule has 1 aromatic rings. The quantitative estimate of drug-likeness (QED) is 0.818. The van der Waals surface area contributed by atoms with Crippen LogP contribution in [0.1, 0.15) is 50.0 Å². The number of rotatable bonds is 2. The van der Waals surface area contributed by atoms with Gasteiger partial charge >= 0.3 is 0 Å². The highest BCUT2D eigenvalue weighted by Crippen LogP contribution is 2.30. The molecule has 0 radical (unpaired) electrons. The van der Waals surface area contributed by atoms with Crippen LogP contribution in [0.2, 0.25) is 0 Å². The van der Waals surface area contributed by atoms with Crippen molar-refractivity contribution >= 4 is 30.7 Å². The third-order valence-corrected chi connectivity index (χ3v) is 5.54. The molecular weight excluding hydrogens is 357 g/mol. The fourth-order valence-electron chi connectivity index (χ4n) is 4.12. The Morgan fingerprint density at radius 1 is 0.880 bits per heavy atom. The van der Waals surface area contributed by atoms with E-state index in [9.17, 15) is 4.79 Å². The number of carbonyl (C=O) groups excluding carboxylic acids is 1. The van der Waals surface area contributed by atoms with E-state index in [4.69, 9.17) is 11.5 Å². The van der Waals surface area contributed by atoms with Crippen LogP contribution in [0.5, 0.6) is 0 Å². The van der Waals surface area contributed by atoms with E-state index in [-0.39, 0.29) is 54.6 Å². The molecule has 4 nitrogen and oxygen atoms in total. The smallest absolute Gasteiger partial charge is 0.227 e. The van der Waals surface area contributed by atoms with E-state index in [1.54, 1.807) is 0 Å². The molecule has 1 heterocycles. The predicted molar refractivity (Wildman–Crippen MR) is 107 cm³/mol. The third kappa shape index (κ3) is 5.33. The first kappa shape index (κ1) is 22.2. The summed E-state index contributed by atoms with van der Waals surface area (Å²) in [5, 5.41) is 0. The number of nitrogens with zero attached hydrogens (tertiary/aromatic N) is 1. The molecule has 3 rings (SSSR count). The maximum absolute atomic E-state index is 13.0. The first-order valence-electron chi connectivity index (χ1n) is 9.01. The Labute approximate surface area is 163 Å². The monoisotopic (exact) mass is 387 g/mol. The van der Waals surface area contributed by atoms with E-state index < -0.39 is 0 Å². The molecule has 4 N–H and O–H groups in total. The standard InChI is InChI=1S/C19H29N3O.2ClH/c20-17-11-7-2-1-6-10-15(17)19(23)22-12-16(18(21)13-22)14-8-4-3-5-9-14;;/h3-5,8-9,15-18H,1-2,6-7,10-13,20-21H2;2*1H/t15?,16-,17?,18+;;/m0../s1. The Morgan fingerprint density at radius 2 is 1.52 bits per heavy atom. The van der Waals surface area contributed by atoms with Crippen molar-refractivity contribution in [1.29, 1.82) is 0 Å². The highest BCUT2D eigenvalue weighted by Gasteiger charge is 2.38. The summed E-state index contributed by atoms with van der Waals surface area (Å²) >= 11 is 0. The van der Waals surface area contributed by atoms with E-state index >= 15 is 0 Å².